The fraction of sp³-hybridized carbons (Fsp3) is 0.333. The molecule has 1 aromatic carbocycles. The predicted octanol–water partition coefficient (Wildman–Crippen LogP) is 2.78. The summed E-state index contributed by atoms with van der Waals surface area (Å²) in [4.78, 5) is 34.4. The zero-order chi connectivity index (χ0) is 17.3. The van der Waals surface area contributed by atoms with Crippen LogP contribution in [-0.2, 0) is 4.79 Å². The summed E-state index contributed by atoms with van der Waals surface area (Å²) >= 11 is 0. The van der Waals surface area contributed by atoms with Gasteiger partial charge in [0.05, 0.1) is 17.0 Å². The van der Waals surface area contributed by atoms with Crippen molar-refractivity contribution in [2.75, 3.05) is 16.8 Å². The number of carbonyl (C=O) groups excluding carboxylic acids is 2. The summed E-state index contributed by atoms with van der Waals surface area (Å²) in [6, 6.07) is 5.59. The van der Waals surface area contributed by atoms with Gasteiger partial charge in [0.2, 0.25) is 5.91 Å². The van der Waals surface area contributed by atoms with Crippen LogP contribution >= 0.6 is 0 Å². The van der Waals surface area contributed by atoms with E-state index in [9.17, 15) is 9.59 Å². The monoisotopic (exact) mass is 324 g/mol. The van der Waals surface area contributed by atoms with E-state index in [-0.39, 0.29) is 11.8 Å². The highest BCUT2D eigenvalue weighted by Gasteiger charge is 2.23. The maximum absolute atomic E-state index is 12.5. The van der Waals surface area contributed by atoms with Crippen LogP contribution in [0.1, 0.15) is 40.2 Å². The minimum Gasteiger partial charge on any atom is -0.322 e. The Bertz CT molecular complexity index is 796. The number of carbonyl (C=O) groups is 2. The van der Waals surface area contributed by atoms with Crippen molar-refractivity contribution in [1.82, 2.24) is 9.97 Å². The first-order valence-corrected chi connectivity index (χ1v) is 7.98. The second kappa shape index (κ2) is 6.39. The lowest BCUT2D eigenvalue weighted by molar-refractivity contribution is -0.117. The zero-order valence-electron chi connectivity index (χ0n) is 14.1. The second-order valence-corrected chi connectivity index (χ2v) is 6.02. The van der Waals surface area contributed by atoms with Crippen LogP contribution in [0.5, 0.6) is 0 Å². The van der Waals surface area contributed by atoms with Gasteiger partial charge in [-0.05, 0) is 51.0 Å². The summed E-state index contributed by atoms with van der Waals surface area (Å²) in [5, 5.41) is 2.89. The van der Waals surface area contributed by atoms with Crippen LogP contribution in [0.4, 0.5) is 11.4 Å². The molecule has 1 aliphatic rings. The van der Waals surface area contributed by atoms with E-state index in [1.807, 2.05) is 25.1 Å². The molecule has 24 heavy (non-hydrogen) atoms. The fourth-order valence-corrected chi connectivity index (χ4v) is 3.05. The molecule has 0 unspecified atom stereocenters. The van der Waals surface area contributed by atoms with Crippen LogP contribution in [0.25, 0.3) is 0 Å². The van der Waals surface area contributed by atoms with Gasteiger partial charge in [-0.2, -0.15) is 0 Å². The molecule has 2 amide bonds. The molecule has 1 aromatic heterocycles. The van der Waals surface area contributed by atoms with E-state index in [1.165, 1.54) is 6.33 Å². The Hall–Kier alpha value is -2.76. The van der Waals surface area contributed by atoms with Crippen LogP contribution in [0, 0.1) is 20.8 Å². The smallest absolute Gasteiger partial charge is 0.259 e. The third-order valence-electron chi connectivity index (χ3n) is 4.27. The number of nitrogens with zero attached hydrogens (tertiary/aromatic N) is 3. The third-order valence-corrected chi connectivity index (χ3v) is 4.27. The SMILES string of the molecule is Cc1cc(NC(=O)c2c(C)ncnc2C)ccc1N1CCCC1=O. The minimum absolute atomic E-state index is 0.155. The molecule has 0 aliphatic carbocycles. The standard InChI is InChI=1S/C18H20N4O2/c1-11-9-14(6-7-15(11)22-8-4-5-16(22)23)21-18(24)17-12(2)19-10-20-13(17)3/h6-7,9-10H,4-5,8H2,1-3H3,(H,21,24). The summed E-state index contributed by atoms with van der Waals surface area (Å²) in [5.74, 6) is -0.0717. The van der Waals surface area contributed by atoms with Crippen LogP contribution in [0.15, 0.2) is 24.5 Å². The first kappa shape index (κ1) is 16.1. The van der Waals surface area contributed by atoms with Crippen molar-refractivity contribution in [1.29, 1.82) is 0 Å². The normalized spacial score (nSPS) is 14.1. The molecule has 6 nitrogen and oxygen atoms in total. The van der Waals surface area contributed by atoms with Crippen molar-refractivity contribution in [3.05, 3.63) is 47.0 Å². The Labute approximate surface area is 140 Å². The zero-order valence-corrected chi connectivity index (χ0v) is 14.1. The maximum Gasteiger partial charge on any atom is 0.259 e. The van der Waals surface area contributed by atoms with Gasteiger partial charge in [0.15, 0.2) is 0 Å². The molecule has 1 N–H and O–H groups in total. The molecule has 124 valence electrons. The molecule has 3 rings (SSSR count). The van der Waals surface area contributed by atoms with E-state index in [0.717, 1.165) is 24.2 Å². The minimum atomic E-state index is -0.227. The van der Waals surface area contributed by atoms with Crippen LogP contribution < -0.4 is 10.2 Å². The summed E-state index contributed by atoms with van der Waals surface area (Å²) < 4.78 is 0. The Kier molecular flexibility index (Phi) is 4.29. The van der Waals surface area contributed by atoms with Gasteiger partial charge >= 0.3 is 0 Å². The van der Waals surface area contributed by atoms with Crippen molar-refractivity contribution < 1.29 is 9.59 Å². The molecule has 1 saturated heterocycles. The molecule has 0 bridgehead atoms. The van der Waals surface area contributed by atoms with Crippen LogP contribution in [0.3, 0.4) is 0 Å². The highest BCUT2D eigenvalue weighted by molar-refractivity contribution is 6.06. The van der Waals surface area contributed by atoms with Gasteiger partial charge in [-0.1, -0.05) is 0 Å². The summed E-state index contributed by atoms with van der Waals surface area (Å²) in [6.45, 7) is 6.28. The third kappa shape index (κ3) is 2.99. The van der Waals surface area contributed by atoms with Crippen molar-refractivity contribution in [2.45, 2.75) is 33.6 Å². The highest BCUT2D eigenvalue weighted by atomic mass is 16.2. The Morgan fingerprint density at radius 2 is 1.88 bits per heavy atom. The molecule has 0 spiro atoms. The van der Waals surface area contributed by atoms with Gasteiger partial charge < -0.3 is 10.2 Å². The number of anilines is 2. The van der Waals surface area contributed by atoms with Crippen molar-refractivity contribution in [3.8, 4) is 0 Å². The number of nitrogens with one attached hydrogen (secondary N) is 1. The number of hydrogen-bond acceptors (Lipinski definition) is 4. The van der Waals surface area contributed by atoms with Gasteiger partial charge in [-0.3, -0.25) is 9.59 Å². The number of rotatable bonds is 3. The Balaban J connectivity index is 1.82. The average molecular weight is 324 g/mol. The van der Waals surface area contributed by atoms with Crippen molar-refractivity contribution >= 4 is 23.2 Å². The van der Waals surface area contributed by atoms with Gasteiger partial charge in [0.25, 0.3) is 5.91 Å². The molecule has 2 heterocycles. The van der Waals surface area contributed by atoms with Crippen LogP contribution in [-0.4, -0.2) is 28.3 Å². The number of hydrogen-bond donors (Lipinski definition) is 1. The first-order valence-electron chi connectivity index (χ1n) is 7.98. The molecular formula is C18H20N4O2. The summed E-state index contributed by atoms with van der Waals surface area (Å²) in [7, 11) is 0. The molecule has 2 aromatic rings. The van der Waals surface area contributed by atoms with Gasteiger partial charge in [0, 0.05) is 24.3 Å². The molecule has 1 fully saturated rings. The number of aryl methyl sites for hydroxylation is 3. The van der Waals surface area contributed by atoms with E-state index in [2.05, 4.69) is 15.3 Å². The molecule has 0 atom stereocenters. The molecular weight excluding hydrogens is 304 g/mol. The second-order valence-electron chi connectivity index (χ2n) is 6.02. The number of aromatic nitrogens is 2. The van der Waals surface area contributed by atoms with Gasteiger partial charge in [-0.15, -0.1) is 0 Å². The summed E-state index contributed by atoms with van der Waals surface area (Å²) in [6.07, 6.45) is 2.95. The van der Waals surface area contributed by atoms with Crippen LogP contribution in [0.2, 0.25) is 0 Å². The van der Waals surface area contributed by atoms with E-state index >= 15 is 0 Å². The largest absolute Gasteiger partial charge is 0.322 e. The molecule has 0 saturated carbocycles. The van der Waals surface area contributed by atoms with Crippen molar-refractivity contribution in [3.63, 3.8) is 0 Å². The maximum atomic E-state index is 12.5. The lowest BCUT2D eigenvalue weighted by Crippen LogP contribution is -2.24. The van der Waals surface area contributed by atoms with E-state index in [1.54, 1.807) is 18.7 Å². The summed E-state index contributed by atoms with van der Waals surface area (Å²) in [5.41, 5.74) is 4.35. The molecule has 1 aliphatic heterocycles. The van der Waals surface area contributed by atoms with E-state index in [0.29, 0.717) is 29.1 Å². The average Bonchev–Trinajstić information content (AvgIpc) is 2.93. The van der Waals surface area contributed by atoms with E-state index in [4.69, 9.17) is 0 Å². The van der Waals surface area contributed by atoms with E-state index < -0.39 is 0 Å². The molecule has 6 heteroatoms. The number of amides is 2. The van der Waals surface area contributed by atoms with Gasteiger partial charge in [-0.25, -0.2) is 9.97 Å². The molecule has 0 radical (unpaired) electrons. The lowest BCUT2D eigenvalue weighted by Gasteiger charge is -2.19. The number of benzene rings is 1. The van der Waals surface area contributed by atoms with Gasteiger partial charge in [0.1, 0.15) is 6.33 Å². The quantitative estimate of drug-likeness (QED) is 0.942. The lowest BCUT2D eigenvalue weighted by atomic mass is 10.1. The predicted molar refractivity (Wildman–Crippen MR) is 92.2 cm³/mol. The fourth-order valence-electron chi connectivity index (χ4n) is 3.05. The Morgan fingerprint density at radius 1 is 1.17 bits per heavy atom. The highest BCUT2D eigenvalue weighted by Crippen LogP contribution is 2.27. The topological polar surface area (TPSA) is 75.2 Å². The van der Waals surface area contributed by atoms with Crippen molar-refractivity contribution in [2.24, 2.45) is 0 Å². The Morgan fingerprint density at radius 3 is 2.46 bits per heavy atom. The first-order chi connectivity index (χ1) is 11.5.